The minimum atomic E-state index is -0.659. The first-order valence-corrected chi connectivity index (χ1v) is 9.73. The predicted molar refractivity (Wildman–Crippen MR) is 116 cm³/mol. The zero-order valence-corrected chi connectivity index (χ0v) is 18.2. The molecule has 0 spiro atoms. The lowest BCUT2D eigenvalue weighted by Gasteiger charge is -2.19. The Morgan fingerprint density at radius 1 is 0.935 bits per heavy atom. The second-order valence-corrected chi connectivity index (χ2v) is 7.80. The van der Waals surface area contributed by atoms with Crippen LogP contribution in [0.4, 0.5) is 0 Å². The Balaban J connectivity index is 1.96. The molecule has 0 saturated carbocycles. The predicted octanol–water partition coefficient (Wildman–Crippen LogP) is 4.42. The van der Waals surface area contributed by atoms with E-state index in [4.69, 9.17) is 18.9 Å². The summed E-state index contributed by atoms with van der Waals surface area (Å²) in [4.78, 5) is 29.4. The maximum atomic E-state index is 12.8. The largest absolute Gasteiger partial charge is 0.493 e. The van der Waals surface area contributed by atoms with E-state index < -0.39 is 24.1 Å². The van der Waals surface area contributed by atoms with Gasteiger partial charge in [-0.25, -0.2) is 14.6 Å². The first kappa shape index (κ1) is 22.1. The molecule has 31 heavy (non-hydrogen) atoms. The van der Waals surface area contributed by atoms with Crippen molar-refractivity contribution in [3.05, 3.63) is 54.1 Å². The molecule has 162 valence electrons. The number of para-hydroxylation sites is 1. The van der Waals surface area contributed by atoms with Crippen molar-refractivity contribution in [1.82, 2.24) is 4.98 Å². The molecule has 0 aliphatic heterocycles. The third-order valence-corrected chi connectivity index (χ3v) is 4.36. The molecule has 0 radical (unpaired) electrons. The molecule has 3 aromatic rings. The van der Waals surface area contributed by atoms with E-state index in [0.717, 1.165) is 5.56 Å². The Bertz CT molecular complexity index is 1120. The van der Waals surface area contributed by atoms with Crippen LogP contribution in [0.25, 0.3) is 22.2 Å². The normalized spacial score (nSPS) is 11.1. The fourth-order valence-electron chi connectivity index (χ4n) is 3.06. The van der Waals surface area contributed by atoms with Gasteiger partial charge < -0.3 is 18.9 Å². The molecule has 0 amide bonds. The zero-order valence-electron chi connectivity index (χ0n) is 18.2. The summed E-state index contributed by atoms with van der Waals surface area (Å²) in [6.07, 6.45) is 0. The highest BCUT2D eigenvalue weighted by molar-refractivity contribution is 6.05. The average molecular weight is 423 g/mol. The third kappa shape index (κ3) is 5.31. The maximum Gasteiger partial charge on any atom is 0.344 e. The van der Waals surface area contributed by atoms with Crippen LogP contribution in [0.15, 0.2) is 48.5 Å². The number of nitrogens with zero attached hydrogens (tertiary/aromatic N) is 1. The van der Waals surface area contributed by atoms with Crippen LogP contribution >= 0.6 is 0 Å². The van der Waals surface area contributed by atoms with Crippen LogP contribution in [0.1, 0.15) is 31.1 Å². The topological polar surface area (TPSA) is 84.0 Å². The number of esters is 2. The maximum absolute atomic E-state index is 12.8. The average Bonchev–Trinajstić information content (AvgIpc) is 2.75. The smallest absolute Gasteiger partial charge is 0.344 e. The number of benzene rings is 2. The summed E-state index contributed by atoms with van der Waals surface area (Å²) in [7, 11) is 3.11. The molecule has 0 aliphatic carbocycles. The Kier molecular flexibility index (Phi) is 6.44. The molecule has 7 nitrogen and oxygen atoms in total. The van der Waals surface area contributed by atoms with Crippen molar-refractivity contribution in [3.8, 4) is 22.8 Å². The van der Waals surface area contributed by atoms with E-state index in [2.05, 4.69) is 4.98 Å². The summed E-state index contributed by atoms with van der Waals surface area (Å²) in [6, 6.07) is 14.3. The summed E-state index contributed by atoms with van der Waals surface area (Å²) in [5, 5.41) is 0.626. The first-order valence-electron chi connectivity index (χ1n) is 9.73. The summed E-state index contributed by atoms with van der Waals surface area (Å²) in [5.74, 6) is -0.112. The summed E-state index contributed by atoms with van der Waals surface area (Å²) in [5.41, 5.74) is 1.57. The number of hydrogen-bond acceptors (Lipinski definition) is 7. The molecule has 2 aromatic carbocycles. The van der Waals surface area contributed by atoms with Gasteiger partial charge >= 0.3 is 11.9 Å². The number of ether oxygens (including phenoxy) is 4. The molecular formula is C24H25NO6. The lowest BCUT2D eigenvalue weighted by atomic mass is 10.0. The van der Waals surface area contributed by atoms with E-state index in [1.165, 1.54) is 0 Å². The van der Waals surface area contributed by atoms with E-state index >= 15 is 0 Å². The molecule has 1 heterocycles. The fraction of sp³-hybridized carbons (Fsp3) is 0.292. The van der Waals surface area contributed by atoms with Crippen LogP contribution in [-0.2, 0) is 14.3 Å². The van der Waals surface area contributed by atoms with Crippen LogP contribution in [-0.4, -0.2) is 43.4 Å². The van der Waals surface area contributed by atoms with Crippen molar-refractivity contribution in [3.63, 3.8) is 0 Å². The zero-order chi connectivity index (χ0) is 22.6. The lowest BCUT2D eigenvalue weighted by Crippen LogP contribution is -2.27. The van der Waals surface area contributed by atoms with Crippen molar-refractivity contribution in [2.75, 3.05) is 20.8 Å². The Labute approximate surface area is 180 Å². The van der Waals surface area contributed by atoms with E-state index in [-0.39, 0.29) is 0 Å². The molecular weight excluding hydrogens is 398 g/mol. The van der Waals surface area contributed by atoms with Gasteiger partial charge in [0.05, 0.1) is 31.0 Å². The van der Waals surface area contributed by atoms with Gasteiger partial charge in [0.25, 0.3) is 0 Å². The van der Waals surface area contributed by atoms with Gasteiger partial charge in [-0.3, -0.25) is 0 Å². The number of carbonyl (C=O) groups is 2. The van der Waals surface area contributed by atoms with Crippen LogP contribution in [0.2, 0.25) is 0 Å². The number of hydrogen-bond donors (Lipinski definition) is 0. The minimum Gasteiger partial charge on any atom is -0.493 e. The monoisotopic (exact) mass is 423 g/mol. The number of methoxy groups -OCH3 is 2. The van der Waals surface area contributed by atoms with E-state index in [1.807, 2.05) is 24.3 Å². The van der Waals surface area contributed by atoms with Gasteiger partial charge in [-0.1, -0.05) is 18.2 Å². The second kappa shape index (κ2) is 9.04. The molecule has 0 unspecified atom stereocenters. The molecule has 0 bridgehead atoms. The van der Waals surface area contributed by atoms with Crippen molar-refractivity contribution < 1.29 is 28.5 Å². The van der Waals surface area contributed by atoms with Gasteiger partial charge in [0.2, 0.25) is 0 Å². The van der Waals surface area contributed by atoms with Gasteiger partial charge in [0.1, 0.15) is 5.60 Å². The Morgan fingerprint density at radius 2 is 1.65 bits per heavy atom. The van der Waals surface area contributed by atoms with Crippen LogP contribution in [0.3, 0.4) is 0 Å². The molecule has 0 N–H and O–H groups in total. The van der Waals surface area contributed by atoms with Gasteiger partial charge in [-0.15, -0.1) is 0 Å². The van der Waals surface area contributed by atoms with E-state index in [9.17, 15) is 9.59 Å². The van der Waals surface area contributed by atoms with Gasteiger partial charge in [-0.05, 0) is 51.1 Å². The summed E-state index contributed by atoms with van der Waals surface area (Å²) < 4.78 is 21.1. The van der Waals surface area contributed by atoms with Crippen LogP contribution in [0, 0.1) is 0 Å². The molecule has 7 heteroatoms. The van der Waals surface area contributed by atoms with Crippen LogP contribution < -0.4 is 9.47 Å². The number of aromatic nitrogens is 1. The number of pyridine rings is 1. The summed E-state index contributed by atoms with van der Waals surface area (Å²) in [6.45, 7) is 4.77. The molecule has 0 fully saturated rings. The van der Waals surface area contributed by atoms with Crippen LogP contribution in [0.5, 0.6) is 11.5 Å². The highest BCUT2D eigenvalue weighted by atomic mass is 16.6. The molecule has 0 aliphatic rings. The highest BCUT2D eigenvalue weighted by Gasteiger charge is 2.20. The quantitative estimate of drug-likeness (QED) is 0.543. The van der Waals surface area contributed by atoms with Gasteiger partial charge in [-0.2, -0.15) is 0 Å². The first-order chi connectivity index (χ1) is 14.7. The standard InChI is InChI=1S/C24H25NO6/c1-24(2,3)31-22(26)14-30-23(27)17-13-19(25-18-9-7-6-8-16(17)18)15-10-11-20(28-4)21(12-15)29-5/h6-13H,14H2,1-5H3. The molecule has 1 aromatic heterocycles. The van der Waals surface area contributed by atoms with Crippen molar-refractivity contribution >= 4 is 22.8 Å². The molecule has 0 atom stereocenters. The molecule has 0 saturated heterocycles. The third-order valence-electron chi connectivity index (χ3n) is 4.36. The SMILES string of the molecule is COc1ccc(-c2cc(C(=O)OCC(=O)OC(C)(C)C)c3ccccc3n2)cc1OC. The Hall–Kier alpha value is -3.61. The highest BCUT2D eigenvalue weighted by Crippen LogP contribution is 2.33. The number of fused-ring (bicyclic) bond motifs is 1. The van der Waals surface area contributed by atoms with Gasteiger partial charge in [0.15, 0.2) is 18.1 Å². The minimum absolute atomic E-state index is 0.305. The Morgan fingerprint density at radius 3 is 2.32 bits per heavy atom. The number of carbonyl (C=O) groups excluding carboxylic acids is 2. The van der Waals surface area contributed by atoms with Gasteiger partial charge in [0, 0.05) is 10.9 Å². The van der Waals surface area contributed by atoms with Crippen molar-refractivity contribution in [2.24, 2.45) is 0 Å². The van der Waals surface area contributed by atoms with Crippen molar-refractivity contribution in [2.45, 2.75) is 26.4 Å². The molecule has 3 rings (SSSR count). The lowest BCUT2D eigenvalue weighted by molar-refractivity contribution is -0.158. The second-order valence-electron chi connectivity index (χ2n) is 7.80. The van der Waals surface area contributed by atoms with Crippen molar-refractivity contribution in [1.29, 1.82) is 0 Å². The summed E-state index contributed by atoms with van der Waals surface area (Å²) >= 11 is 0. The fourth-order valence-corrected chi connectivity index (χ4v) is 3.06. The van der Waals surface area contributed by atoms with E-state index in [1.54, 1.807) is 59.3 Å². The number of rotatable bonds is 6. The van der Waals surface area contributed by atoms with E-state index in [0.29, 0.717) is 33.7 Å².